The fraction of sp³-hybridized carbons (Fsp3) is 0.400. The van der Waals surface area contributed by atoms with Crippen LogP contribution in [0.15, 0.2) is 24.3 Å². The minimum absolute atomic E-state index is 0.166. The van der Waals surface area contributed by atoms with Crippen molar-refractivity contribution < 1.29 is 23.0 Å². The van der Waals surface area contributed by atoms with Gasteiger partial charge in [0.15, 0.2) is 0 Å². The topological polar surface area (TPSA) is 32.8 Å². The highest BCUT2D eigenvalue weighted by Crippen LogP contribution is 2.40. The van der Waals surface area contributed by atoms with Gasteiger partial charge in [0, 0.05) is 0 Å². The molecule has 1 N–H and O–H groups in total. The Kier molecular flexibility index (Phi) is 2.44. The molecular weight excluding hydrogens is 209 g/mol. The third kappa shape index (κ3) is 2.13. The van der Waals surface area contributed by atoms with Crippen molar-refractivity contribution in [1.29, 1.82) is 0 Å². The van der Waals surface area contributed by atoms with Gasteiger partial charge in [0.05, 0.1) is 12.2 Å². The molecule has 1 saturated heterocycles. The van der Waals surface area contributed by atoms with E-state index >= 15 is 0 Å². The lowest BCUT2D eigenvalue weighted by Gasteiger charge is -2.07. The van der Waals surface area contributed by atoms with Gasteiger partial charge in [0.2, 0.25) is 0 Å². The molecule has 1 aromatic carbocycles. The SMILES string of the molecule is OC[C@@H]1OC1c1cccc(C(F)(F)F)c1. The molecule has 1 unspecified atom stereocenters. The zero-order chi connectivity index (χ0) is 11.1. The van der Waals surface area contributed by atoms with Crippen LogP contribution in [0.3, 0.4) is 0 Å². The predicted octanol–water partition coefficient (Wildman–Crippen LogP) is 2.14. The Labute approximate surface area is 84.3 Å². The standard InChI is InChI=1S/C10H9F3O2/c11-10(12,13)7-3-1-2-6(4-7)9-8(5-14)15-9/h1-4,8-9,14H,5H2/t8-,9?/m0/s1. The molecule has 2 nitrogen and oxygen atoms in total. The number of aliphatic hydroxyl groups is 1. The Morgan fingerprint density at radius 1 is 1.33 bits per heavy atom. The van der Waals surface area contributed by atoms with Crippen LogP contribution in [-0.2, 0) is 10.9 Å². The van der Waals surface area contributed by atoms with E-state index in [1.807, 2.05) is 0 Å². The molecule has 0 amide bonds. The van der Waals surface area contributed by atoms with Gasteiger partial charge in [-0.15, -0.1) is 0 Å². The molecule has 0 spiro atoms. The van der Waals surface area contributed by atoms with Crippen LogP contribution in [0, 0.1) is 0 Å². The molecule has 15 heavy (non-hydrogen) atoms. The molecule has 2 atom stereocenters. The summed E-state index contributed by atoms with van der Waals surface area (Å²) in [5.74, 6) is 0. The van der Waals surface area contributed by atoms with Crippen molar-refractivity contribution in [1.82, 2.24) is 0 Å². The van der Waals surface area contributed by atoms with Crippen molar-refractivity contribution in [3.63, 3.8) is 0 Å². The first kappa shape index (κ1) is 10.4. The number of hydrogen-bond acceptors (Lipinski definition) is 2. The summed E-state index contributed by atoms with van der Waals surface area (Å²) in [6, 6.07) is 4.98. The van der Waals surface area contributed by atoms with E-state index < -0.39 is 17.8 Å². The molecular formula is C10H9F3O2. The maximum Gasteiger partial charge on any atom is 0.416 e. The van der Waals surface area contributed by atoms with E-state index in [0.29, 0.717) is 5.56 Å². The molecule has 2 rings (SSSR count). The summed E-state index contributed by atoms with van der Waals surface area (Å²) in [5.41, 5.74) is -0.226. The first-order valence-electron chi connectivity index (χ1n) is 4.46. The van der Waals surface area contributed by atoms with Crippen LogP contribution in [0.4, 0.5) is 13.2 Å². The van der Waals surface area contributed by atoms with Crippen LogP contribution >= 0.6 is 0 Å². The van der Waals surface area contributed by atoms with Gasteiger partial charge in [-0.1, -0.05) is 12.1 Å². The van der Waals surface area contributed by atoms with Gasteiger partial charge in [0.25, 0.3) is 0 Å². The third-order valence-electron chi connectivity index (χ3n) is 2.30. The van der Waals surface area contributed by atoms with Crippen LogP contribution < -0.4 is 0 Å². The fourth-order valence-electron chi connectivity index (χ4n) is 1.47. The molecule has 0 radical (unpaired) electrons. The van der Waals surface area contributed by atoms with Gasteiger partial charge in [-0.05, 0) is 17.7 Å². The number of epoxide rings is 1. The van der Waals surface area contributed by atoms with E-state index in [9.17, 15) is 13.2 Å². The number of aliphatic hydroxyl groups excluding tert-OH is 1. The molecule has 5 heteroatoms. The van der Waals surface area contributed by atoms with E-state index in [1.165, 1.54) is 6.07 Å². The van der Waals surface area contributed by atoms with Crippen LogP contribution in [0.2, 0.25) is 0 Å². The number of hydrogen-bond donors (Lipinski definition) is 1. The van der Waals surface area contributed by atoms with Gasteiger partial charge in [-0.2, -0.15) is 13.2 Å². The average Bonchev–Trinajstić information content (AvgIpc) is 2.95. The van der Waals surface area contributed by atoms with Crippen LogP contribution in [0.25, 0.3) is 0 Å². The van der Waals surface area contributed by atoms with Crippen molar-refractivity contribution in [2.75, 3.05) is 6.61 Å². The van der Waals surface area contributed by atoms with E-state index in [1.54, 1.807) is 6.07 Å². The maximum atomic E-state index is 12.3. The Bertz CT molecular complexity index is 362. The van der Waals surface area contributed by atoms with E-state index in [2.05, 4.69) is 0 Å². The van der Waals surface area contributed by atoms with E-state index in [4.69, 9.17) is 9.84 Å². The summed E-state index contributed by atoms with van der Waals surface area (Å²) >= 11 is 0. The summed E-state index contributed by atoms with van der Waals surface area (Å²) in [4.78, 5) is 0. The number of rotatable bonds is 2. The predicted molar refractivity (Wildman–Crippen MR) is 46.1 cm³/mol. The fourth-order valence-corrected chi connectivity index (χ4v) is 1.47. The highest BCUT2D eigenvalue weighted by atomic mass is 19.4. The molecule has 1 aliphatic heterocycles. The summed E-state index contributed by atoms with van der Waals surface area (Å²) in [6.45, 7) is -0.166. The quantitative estimate of drug-likeness (QED) is 0.771. The smallest absolute Gasteiger partial charge is 0.394 e. The summed E-state index contributed by atoms with van der Waals surface area (Å²) < 4.78 is 42.0. The van der Waals surface area contributed by atoms with Gasteiger partial charge >= 0.3 is 6.18 Å². The lowest BCUT2D eigenvalue weighted by Crippen LogP contribution is -2.05. The zero-order valence-electron chi connectivity index (χ0n) is 7.66. The molecule has 1 aliphatic rings. The summed E-state index contributed by atoms with van der Waals surface area (Å²) in [5, 5.41) is 8.72. The Morgan fingerprint density at radius 3 is 2.60 bits per heavy atom. The van der Waals surface area contributed by atoms with Crippen LogP contribution in [0.1, 0.15) is 17.2 Å². The monoisotopic (exact) mass is 218 g/mol. The largest absolute Gasteiger partial charge is 0.416 e. The molecule has 1 aromatic rings. The minimum Gasteiger partial charge on any atom is -0.394 e. The second kappa shape index (κ2) is 3.50. The Balaban J connectivity index is 2.21. The van der Waals surface area contributed by atoms with Crippen molar-refractivity contribution in [3.8, 4) is 0 Å². The first-order chi connectivity index (χ1) is 7.02. The lowest BCUT2D eigenvalue weighted by molar-refractivity contribution is -0.137. The highest BCUT2D eigenvalue weighted by Gasteiger charge is 2.40. The molecule has 82 valence electrons. The third-order valence-corrected chi connectivity index (χ3v) is 2.30. The minimum atomic E-state index is -4.33. The van der Waals surface area contributed by atoms with Crippen molar-refractivity contribution in [2.24, 2.45) is 0 Å². The highest BCUT2D eigenvalue weighted by molar-refractivity contribution is 5.29. The van der Waals surface area contributed by atoms with Crippen LogP contribution in [-0.4, -0.2) is 17.8 Å². The Hall–Kier alpha value is -1.07. The van der Waals surface area contributed by atoms with Crippen molar-refractivity contribution in [2.45, 2.75) is 18.4 Å². The molecule has 1 heterocycles. The van der Waals surface area contributed by atoms with Crippen LogP contribution in [0.5, 0.6) is 0 Å². The summed E-state index contributed by atoms with van der Waals surface area (Å²) in [7, 11) is 0. The van der Waals surface area contributed by atoms with Crippen molar-refractivity contribution in [3.05, 3.63) is 35.4 Å². The maximum absolute atomic E-state index is 12.3. The second-order valence-corrected chi connectivity index (χ2v) is 3.40. The zero-order valence-corrected chi connectivity index (χ0v) is 7.66. The summed E-state index contributed by atoms with van der Waals surface area (Å²) in [6.07, 6.45) is -5.08. The van der Waals surface area contributed by atoms with E-state index in [-0.39, 0.29) is 12.7 Å². The average molecular weight is 218 g/mol. The second-order valence-electron chi connectivity index (χ2n) is 3.40. The number of benzene rings is 1. The Morgan fingerprint density at radius 2 is 2.07 bits per heavy atom. The molecule has 0 bridgehead atoms. The van der Waals surface area contributed by atoms with Crippen molar-refractivity contribution >= 4 is 0 Å². The normalized spacial score (nSPS) is 25.3. The number of alkyl halides is 3. The van der Waals surface area contributed by atoms with Gasteiger partial charge in [-0.3, -0.25) is 0 Å². The first-order valence-corrected chi connectivity index (χ1v) is 4.46. The number of ether oxygens (including phenoxy) is 1. The lowest BCUT2D eigenvalue weighted by atomic mass is 10.1. The molecule has 0 saturated carbocycles. The van der Waals surface area contributed by atoms with Gasteiger partial charge in [0.1, 0.15) is 12.2 Å². The molecule has 0 aromatic heterocycles. The number of halogens is 3. The molecule has 1 fully saturated rings. The van der Waals surface area contributed by atoms with Gasteiger partial charge < -0.3 is 9.84 Å². The van der Waals surface area contributed by atoms with Gasteiger partial charge in [-0.25, -0.2) is 0 Å². The molecule has 0 aliphatic carbocycles. The van der Waals surface area contributed by atoms with E-state index in [0.717, 1.165) is 12.1 Å².